The Morgan fingerprint density at radius 1 is 1.53 bits per heavy atom. The van der Waals surface area contributed by atoms with E-state index >= 15 is 0 Å². The lowest BCUT2D eigenvalue weighted by molar-refractivity contribution is -0.115. The van der Waals surface area contributed by atoms with Crippen LogP contribution in [0, 0.1) is 0 Å². The molecule has 1 atom stereocenters. The van der Waals surface area contributed by atoms with Gasteiger partial charge in [-0.3, -0.25) is 4.79 Å². The Balaban J connectivity index is 1.60. The molecule has 0 spiro atoms. The highest BCUT2D eigenvalue weighted by Gasteiger charge is 2.20. The summed E-state index contributed by atoms with van der Waals surface area (Å²) in [5.41, 5.74) is 2.82. The fourth-order valence-electron chi connectivity index (χ4n) is 1.87. The van der Waals surface area contributed by atoms with E-state index in [1.807, 2.05) is 6.92 Å². The highest BCUT2D eigenvalue weighted by Crippen LogP contribution is 2.31. The van der Waals surface area contributed by atoms with Crippen LogP contribution in [0.2, 0.25) is 0 Å². The van der Waals surface area contributed by atoms with Gasteiger partial charge in [0.25, 0.3) is 0 Å². The molecular weight excluding hydrogens is 300 g/mol. The van der Waals surface area contributed by atoms with Crippen molar-refractivity contribution in [2.75, 3.05) is 5.32 Å². The maximum atomic E-state index is 12.1. The average Bonchev–Trinajstić information content (AvgIpc) is 3.04. The first-order valence-electron chi connectivity index (χ1n) is 5.94. The Morgan fingerprint density at radius 2 is 2.42 bits per heavy atom. The summed E-state index contributed by atoms with van der Waals surface area (Å²) in [6, 6.07) is 0. The molecule has 0 fully saturated rings. The van der Waals surface area contributed by atoms with Crippen LogP contribution in [-0.2, 0) is 17.6 Å². The zero-order chi connectivity index (χ0) is 13.2. The van der Waals surface area contributed by atoms with Crippen molar-refractivity contribution in [1.82, 2.24) is 15.2 Å². The van der Waals surface area contributed by atoms with Crippen molar-refractivity contribution >= 4 is 45.5 Å². The molecule has 1 aliphatic carbocycles. The van der Waals surface area contributed by atoms with E-state index in [9.17, 15) is 4.79 Å². The number of carbonyl (C=O) groups excluding carboxylic acids is 1. The van der Waals surface area contributed by atoms with Gasteiger partial charge in [0.05, 0.1) is 10.9 Å². The number of nitrogens with one attached hydrogen (secondary N) is 1. The van der Waals surface area contributed by atoms with E-state index in [4.69, 9.17) is 0 Å². The molecule has 2 heterocycles. The van der Waals surface area contributed by atoms with Gasteiger partial charge in [-0.1, -0.05) is 23.1 Å². The number of hydrogen-bond acceptors (Lipinski definition) is 7. The molecule has 0 radical (unpaired) electrons. The van der Waals surface area contributed by atoms with Gasteiger partial charge in [-0.2, -0.15) is 0 Å². The van der Waals surface area contributed by atoms with Crippen LogP contribution in [0.15, 0.2) is 9.85 Å². The SMILES string of the molecule is CC(Sc1nncs1)C(=O)Nc1nc2c(s1)CCC2. The molecule has 100 valence electrons. The molecule has 5 nitrogen and oxygen atoms in total. The van der Waals surface area contributed by atoms with Gasteiger partial charge >= 0.3 is 0 Å². The number of aromatic nitrogens is 3. The maximum absolute atomic E-state index is 12.1. The highest BCUT2D eigenvalue weighted by molar-refractivity contribution is 8.02. The third-order valence-electron chi connectivity index (χ3n) is 2.81. The quantitative estimate of drug-likeness (QED) is 0.879. The zero-order valence-electron chi connectivity index (χ0n) is 10.3. The van der Waals surface area contributed by atoms with Crippen LogP contribution in [0.25, 0.3) is 0 Å². The molecule has 2 aromatic rings. The molecule has 0 saturated carbocycles. The lowest BCUT2D eigenvalue weighted by atomic mass is 10.4. The average molecular weight is 312 g/mol. The first kappa shape index (κ1) is 13.0. The van der Waals surface area contributed by atoms with Crippen LogP contribution in [-0.4, -0.2) is 26.3 Å². The number of nitrogens with zero attached hydrogens (tertiary/aromatic N) is 3. The molecule has 1 N–H and O–H groups in total. The van der Waals surface area contributed by atoms with E-state index in [1.54, 1.807) is 16.8 Å². The monoisotopic (exact) mass is 312 g/mol. The minimum absolute atomic E-state index is 0.0346. The first-order chi connectivity index (χ1) is 9.22. The van der Waals surface area contributed by atoms with Crippen LogP contribution < -0.4 is 5.32 Å². The number of fused-ring (bicyclic) bond motifs is 1. The number of thiazole rings is 1. The minimum atomic E-state index is -0.202. The molecule has 1 unspecified atom stereocenters. The molecule has 0 aromatic carbocycles. The minimum Gasteiger partial charge on any atom is -0.301 e. The second kappa shape index (κ2) is 5.56. The first-order valence-corrected chi connectivity index (χ1v) is 8.52. The normalized spacial score (nSPS) is 15.2. The summed E-state index contributed by atoms with van der Waals surface area (Å²) in [4.78, 5) is 17.8. The van der Waals surface area contributed by atoms with Gasteiger partial charge in [0.1, 0.15) is 5.51 Å². The molecule has 0 aliphatic heterocycles. The van der Waals surface area contributed by atoms with Gasteiger partial charge in [0.15, 0.2) is 9.47 Å². The van der Waals surface area contributed by atoms with Crippen LogP contribution in [0.4, 0.5) is 5.13 Å². The summed E-state index contributed by atoms with van der Waals surface area (Å²) in [6.45, 7) is 1.86. The summed E-state index contributed by atoms with van der Waals surface area (Å²) >= 11 is 4.46. The number of hydrogen-bond donors (Lipinski definition) is 1. The summed E-state index contributed by atoms with van der Waals surface area (Å²) in [5, 5.41) is 11.1. The smallest absolute Gasteiger partial charge is 0.239 e. The molecule has 2 aromatic heterocycles. The molecular formula is C11H12N4OS3. The number of amides is 1. The zero-order valence-corrected chi connectivity index (χ0v) is 12.7. The summed E-state index contributed by atoms with van der Waals surface area (Å²) in [7, 11) is 0. The topological polar surface area (TPSA) is 67.8 Å². The summed E-state index contributed by atoms with van der Waals surface area (Å²) in [5.74, 6) is -0.0346. The van der Waals surface area contributed by atoms with Crippen LogP contribution in [0.1, 0.15) is 23.9 Å². The molecule has 8 heteroatoms. The fourth-order valence-corrected chi connectivity index (χ4v) is 4.55. The van der Waals surface area contributed by atoms with Crippen molar-refractivity contribution in [3.63, 3.8) is 0 Å². The molecule has 3 rings (SSSR count). The largest absolute Gasteiger partial charge is 0.301 e. The number of thioether (sulfide) groups is 1. The van der Waals surface area contributed by atoms with Crippen molar-refractivity contribution in [2.24, 2.45) is 0 Å². The van der Waals surface area contributed by atoms with E-state index < -0.39 is 0 Å². The van der Waals surface area contributed by atoms with E-state index in [0.717, 1.165) is 28.0 Å². The molecule has 1 aliphatic rings. The van der Waals surface area contributed by atoms with Gasteiger partial charge in [0.2, 0.25) is 5.91 Å². The van der Waals surface area contributed by atoms with Crippen LogP contribution in [0.3, 0.4) is 0 Å². The predicted molar refractivity (Wildman–Crippen MR) is 78.0 cm³/mol. The van der Waals surface area contributed by atoms with Crippen molar-refractivity contribution in [3.8, 4) is 0 Å². The Morgan fingerprint density at radius 3 is 3.16 bits per heavy atom. The molecule has 19 heavy (non-hydrogen) atoms. The van der Waals surface area contributed by atoms with E-state index in [-0.39, 0.29) is 11.2 Å². The Hall–Kier alpha value is -0.990. The predicted octanol–water partition coefficient (Wildman–Crippen LogP) is 2.60. The second-order valence-corrected chi connectivity index (χ2v) is 7.70. The number of rotatable bonds is 4. The van der Waals surface area contributed by atoms with E-state index in [1.165, 1.54) is 34.4 Å². The lowest BCUT2D eigenvalue weighted by Gasteiger charge is -2.07. The molecule has 0 bridgehead atoms. The number of carbonyl (C=O) groups is 1. The van der Waals surface area contributed by atoms with Crippen molar-refractivity contribution in [1.29, 1.82) is 0 Å². The molecule has 1 amide bonds. The highest BCUT2D eigenvalue weighted by atomic mass is 32.2. The summed E-state index contributed by atoms with van der Waals surface area (Å²) < 4.78 is 0.810. The van der Waals surface area contributed by atoms with Crippen molar-refractivity contribution in [3.05, 3.63) is 16.1 Å². The molecule has 0 saturated heterocycles. The standard InChI is InChI=1S/C11H12N4OS3/c1-6(18-11-15-12-5-17-11)9(16)14-10-13-7-3-2-4-8(7)19-10/h5-6H,2-4H2,1H3,(H,13,14,16). The van der Waals surface area contributed by atoms with Gasteiger partial charge in [0, 0.05) is 4.88 Å². The van der Waals surface area contributed by atoms with Crippen LogP contribution >= 0.6 is 34.4 Å². The van der Waals surface area contributed by atoms with Crippen LogP contribution in [0.5, 0.6) is 0 Å². The second-order valence-electron chi connectivity index (χ2n) is 4.20. The number of aryl methyl sites for hydroxylation is 2. The van der Waals surface area contributed by atoms with Gasteiger partial charge in [-0.05, 0) is 26.2 Å². The van der Waals surface area contributed by atoms with Gasteiger partial charge in [-0.15, -0.1) is 21.5 Å². The Labute approximate surface area is 122 Å². The van der Waals surface area contributed by atoms with Gasteiger partial charge < -0.3 is 5.32 Å². The van der Waals surface area contributed by atoms with Gasteiger partial charge in [-0.25, -0.2) is 4.98 Å². The maximum Gasteiger partial charge on any atom is 0.239 e. The van der Waals surface area contributed by atoms with Crippen molar-refractivity contribution < 1.29 is 4.79 Å². The van der Waals surface area contributed by atoms with Crippen molar-refractivity contribution in [2.45, 2.75) is 35.8 Å². The number of anilines is 1. The summed E-state index contributed by atoms with van der Waals surface area (Å²) in [6.07, 6.45) is 3.32. The van der Waals surface area contributed by atoms with E-state index in [0.29, 0.717) is 0 Å². The Kier molecular flexibility index (Phi) is 3.81. The third kappa shape index (κ3) is 2.96. The van der Waals surface area contributed by atoms with E-state index in [2.05, 4.69) is 20.5 Å². The fraction of sp³-hybridized carbons (Fsp3) is 0.455. The Bertz CT molecular complexity index is 559. The third-order valence-corrected chi connectivity index (χ3v) is 5.80. The lowest BCUT2D eigenvalue weighted by Crippen LogP contribution is -2.22.